The lowest BCUT2D eigenvalue weighted by molar-refractivity contribution is 0.0928. The molecule has 2 aliphatic rings. The van der Waals surface area contributed by atoms with Crippen LogP contribution >= 0.6 is 0 Å². The minimum Gasteiger partial charge on any atom is -0.507 e. The average Bonchev–Trinajstić information content (AvgIpc) is 3.03. The summed E-state index contributed by atoms with van der Waals surface area (Å²) in [6, 6.07) is 11.6. The van der Waals surface area contributed by atoms with Gasteiger partial charge in [0, 0.05) is 48.5 Å². The van der Waals surface area contributed by atoms with E-state index < -0.39 is 0 Å². The third-order valence-electron chi connectivity index (χ3n) is 6.44. The second-order valence-corrected chi connectivity index (χ2v) is 8.75. The van der Waals surface area contributed by atoms with E-state index in [4.69, 9.17) is 5.73 Å². The number of phenols is 1. The van der Waals surface area contributed by atoms with Crippen molar-refractivity contribution in [3.8, 4) is 5.75 Å². The van der Waals surface area contributed by atoms with Crippen molar-refractivity contribution in [3.05, 3.63) is 59.2 Å². The summed E-state index contributed by atoms with van der Waals surface area (Å²) in [7, 11) is 0. The van der Waals surface area contributed by atoms with Gasteiger partial charge in [-0.3, -0.25) is 9.59 Å². The molecular weight excluding hydrogens is 404 g/mol. The fourth-order valence-corrected chi connectivity index (χ4v) is 4.49. The number of amides is 1. The smallest absolute Gasteiger partial charge is 0.251 e. The lowest BCUT2D eigenvalue weighted by atomic mass is 9.99. The van der Waals surface area contributed by atoms with Gasteiger partial charge in [-0.15, -0.1) is 0 Å². The van der Waals surface area contributed by atoms with Crippen molar-refractivity contribution in [2.75, 3.05) is 31.1 Å². The largest absolute Gasteiger partial charge is 0.507 e. The van der Waals surface area contributed by atoms with Crippen molar-refractivity contribution in [1.29, 1.82) is 0 Å². The summed E-state index contributed by atoms with van der Waals surface area (Å²) in [4.78, 5) is 28.0. The zero-order valence-electron chi connectivity index (χ0n) is 18.3. The maximum Gasteiger partial charge on any atom is 0.251 e. The highest BCUT2D eigenvalue weighted by molar-refractivity contribution is 6.11. The number of phenolic OH excluding ortho intramolecular Hbond substituents is 1. The molecule has 7 nitrogen and oxygen atoms in total. The van der Waals surface area contributed by atoms with E-state index in [1.165, 1.54) is 6.42 Å². The number of benzene rings is 2. The Morgan fingerprint density at radius 3 is 2.47 bits per heavy atom. The van der Waals surface area contributed by atoms with E-state index in [0.717, 1.165) is 51.0 Å². The Balaban J connectivity index is 1.46. The number of aromatic hydroxyl groups is 1. The van der Waals surface area contributed by atoms with Gasteiger partial charge in [0.05, 0.1) is 5.56 Å². The molecule has 32 heavy (non-hydrogen) atoms. The number of carbonyl (C=O) groups excluding carboxylic acids is 2. The van der Waals surface area contributed by atoms with Gasteiger partial charge in [0.2, 0.25) is 0 Å². The fourth-order valence-electron chi connectivity index (χ4n) is 4.49. The summed E-state index contributed by atoms with van der Waals surface area (Å²) in [6.45, 7) is 3.51. The first-order valence-corrected chi connectivity index (χ1v) is 11.5. The van der Waals surface area contributed by atoms with E-state index in [1.54, 1.807) is 36.4 Å². The lowest BCUT2D eigenvalue weighted by Gasteiger charge is -2.29. The van der Waals surface area contributed by atoms with Gasteiger partial charge in [-0.2, -0.15) is 0 Å². The maximum absolute atomic E-state index is 13.1. The minimum atomic E-state index is -0.259. The van der Waals surface area contributed by atoms with Crippen molar-refractivity contribution in [1.82, 2.24) is 10.6 Å². The van der Waals surface area contributed by atoms with Crippen LogP contribution in [-0.2, 0) is 0 Å². The molecule has 0 bridgehead atoms. The summed E-state index contributed by atoms with van der Waals surface area (Å²) in [5.41, 5.74) is 8.32. The average molecular weight is 437 g/mol. The molecule has 0 radical (unpaired) electrons. The van der Waals surface area contributed by atoms with Crippen LogP contribution in [0.25, 0.3) is 0 Å². The number of hydrogen-bond acceptors (Lipinski definition) is 6. The van der Waals surface area contributed by atoms with Crippen LogP contribution in [0, 0.1) is 0 Å². The van der Waals surface area contributed by atoms with Gasteiger partial charge in [-0.05, 0) is 69.0 Å². The highest BCUT2D eigenvalue weighted by Crippen LogP contribution is 2.28. The fraction of sp³-hybridized carbons (Fsp3) is 0.440. The molecular formula is C25H32N4O3. The van der Waals surface area contributed by atoms with Crippen molar-refractivity contribution >= 4 is 17.4 Å². The van der Waals surface area contributed by atoms with Gasteiger partial charge in [0.15, 0.2) is 5.78 Å². The predicted molar refractivity (Wildman–Crippen MR) is 125 cm³/mol. The highest BCUT2D eigenvalue weighted by Gasteiger charge is 2.23. The number of nitrogens with one attached hydrogen (secondary N) is 2. The molecule has 2 atom stereocenters. The molecule has 0 aliphatic carbocycles. The molecule has 1 amide bonds. The van der Waals surface area contributed by atoms with Crippen LogP contribution in [0.5, 0.6) is 5.75 Å². The third-order valence-corrected chi connectivity index (χ3v) is 6.44. The van der Waals surface area contributed by atoms with Gasteiger partial charge < -0.3 is 26.4 Å². The Bertz CT molecular complexity index is 954. The van der Waals surface area contributed by atoms with Gasteiger partial charge in [-0.1, -0.05) is 12.1 Å². The van der Waals surface area contributed by atoms with Gasteiger partial charge in [0.1, 0.15) is 5.75 Å². The van der Waals surface area contributed by atoms with E-state index in [-0.39, 0.29) is 35.1 Å². The molecule has 0 aromatic heterocycles. The second kappa shape index (κ2) is 10.1. The molecule has 2 heterocycles. The Morgan fingerprint density at radius 2 is 1.72 bits per heavy atom. The lowest BCUT2D eigenvalue weighted by Crippen LogP contribution is -2.50. The highest BCUT2D eigenvalue weighted by atomic mass is 16.3. The summed E-state index contributed by atoms with van der Waals surface area (Å²) in [5.74, 6) is -0.486. The van der Waals surface area contributed by atoms with Crippen LogP contribution in [0.4, 0.5) is 5.69 Å². The molecule has 2 aliphatic heterocycles. The zero-order valence-corrected chi connectivity index (χ0v) is 18.3. The summed E-state index contributed by atoms with van der Waals surface area (Å²) < 4.78 is 0. The molecule has 0 unspecified atom stereocenters. The number of hydrogen-bond donors (Lipinski definition) is 4. The van der Waals surface area contributed by atoms with E-state index in [0.29, 0.717) is 17.7 Å². The Hall–Kier alpha value is -2.90. The van der Waals surface area contributed by atoms with Gasteiger partial charge in [-0.25, -0.2) is 0 Å². The predicted octanol–water partition coefficient (Wildman–Crippen LogP) is 2.42. The van der Waals surface area contributed by atoms with E-state index in [2.05, 4.69) is 15.5 Å². The molecule has 170 valence electrons. The quantitative estimate of drug-likeness (QED) is 0.536. The monoisotopic (exact) mass is 436 g/mol. The molecule has 4 rings (SSSR count). The summed E-state index contributed by atoms with van der Waals surface area (Å²) in [6.07, 6.45) is 5.30. The molecule has 2 fully saturated rings. The van der Waals surface area contributed by atoms with E-state index >= 15 is 0 Å². The Labute approximate surface area is 189 Å². The first-order chi connectivity index (χ1) is 15.5. The molecule has 7 heteroatoms. The number of nitrogens with two attached hydrogens (primary N) is 1. The SMILES string of the molecule is N[C@@H]1CNCCC[C@H]1NC(=O)c1ccc(C(=O)c2cc(N3CCCCC3)ccc2O)cc1. The summed E-state index contributed by atoms with van der Waals surface area (Å²) in [5, 5.41) is 16.6. The van der Waals surface area contributed by atoms with Crippen LogP contribution in [0.2, 0.25) is 0 Å². The van der Waals surface area contributed by atoms with Crippen molar-refractivity contribution in [2.24, 2.45) is 5.73 Å². The number of anilines is 1. The number of piperidine rings is 1. The van der Waals surface area contributed by atoms with Crippen molar-refractivity contribution in [3.63, 3.8) is 0 Å². The maximum atomic E-state index is 13.1. The van der Waals surface area contributed by atoms with Crippen LogP contribution in [-0.4, -0.2) is 55.1 Å². The number of nitrogens with zero attached hydrogens (tertiary/aromatic N) is 1. The van der Waals surface area contributed by atoms with Crippen molar-refractivity contribution in [2.45, 2.75) is 44.2 Å². The molecule has 0 saturated carbocycles. The van der Waals surface area contributed by atoms with Crippen LogP contribution < -0.4 is 21.3 Å². The number of carbonyl (C=O) groups is 2. The molecule has 2 aromatic rings. The van der Waals surface area contributed by atoms with Gasteiger partial charge in [0.25, 0.3) is 5.91 Å². The van der Waals surface area contributed by atoms with E-state index in [9.17, 15) is 14.7 Å². The van der Waals surface area contributed by atoms with Crippen molar-refractivity contribution < 1.29 is 14.7 Å². The number of rotatable bonds is 5. The Morgan fingerprint density at radius 1 is 1.00 bits per heavy atom. The second-order valence-electron chi connectivity index (χ2n) is 8.75. The first-order valence-electron chi connectivity index (χ1n) is 11.5. The van der Waals surface area contributed by atoms with Crippen LogP contribution in [0.15, 0.2) is 42.5 Å². The topological polar surface area (TPSA) is 108 Å². The molecule has 2 aromatic carbocycles. The van der Waals surface area contributed by atoms with Crippen LogP contribution in [0.3, 0.4) is 0 Å². The molecule has 5 N–H and O–H groups in total. The Kier molecular flexibility index (Phi) is 7.07. The number of ketones is 1. The third kappa shape index (κ3) is 5.11. The van der Waals surface area contributed by atoms with Gasteiger partial charge >= 0.3 is 0 Å². The van der Waals surface area contributed by atoms with Crippen LogP contribution in [0.1, 0.15) is 58.4 Å². The normalized spacial score (nSPS) is 21.6. The van der Waals surface area contributed by atoms with E-state index in [1.807, 2.05) is 6.07 Å². The minimum absolute atomic E-state index is 0.0338. The molecule has 2 saturated heterocycles. The molecule has 0 spiro atoms. The first kappa shape index (κ1) is 22.3. The zero-order chi connectivity index (χ0) is 22.5. The standard InChI is InChI=1S/C25H32N4O3/c26-21-16-27-12-4-5-22(21)28-25(32)18-8-6-17(7-9-18)24(31)20-15-19(10-11-23(20)30)29-13-2-1-3-14-29/h6-11,15,21-22,27,30H,1-5,12-14,16,26H2,(H,28,32)/t21-,22-/m1/s1. The summed E-state index contributed by atoms with van der Waals surface area (Å²) >= 11 is 0.